The van der Waals surface area contributed by atoms with E-state index in [1.165, 1.54) is 4.90 Å². The van der Waals surface area contributed by atoms with Crippen LogP contribution in [0.5, 0.6) is 11.5 Å². The molecule has 10 nitrogen and oxygen atoms in total. The zero-order valence-electron chi connectivity index (χ0n) is 24.3. The molecular formula is C31H39N3O7. The normalized spacial score (nSPS) is 11.3. The van der Waals surface area contributed by atoms with Crippen molar-refractivity contribution in [2.24, 2.45) is 0 Å². The van der Waals surface area contributed by atoms with Gasteiger partial charge in [0.25, 0.3) is 0 Å². The molecule has 0 bridgehead atoms. The van der Waals surface area contributed by atoms with Crippen molar-refractivity contribution in [2.45, 2.75) is 46.2 Å². The molecule has 2 aromatic carbocycles. The van der Waals surface area contributed by atoms with Gasteiger partial charge in [0.2, 0.25) is 5.91 Å². The molecule has 41 heavy (non-hydrogen) atoms. The summed E-state index contributed by atoms with van der Waals surface area (Å²) >= 11 is 0. The molecule has 220 valence electrons. The highest BCUT2D eigenvalue weighted by molar-refractivity contribution is 5.94. The molecule has 0 radical (unpaired) electrons. The summed E-state index contributed by atoms with van der Waals surface area (Å²) in [7, 11) is 3.16. The molecule has 1 N–H and O–H groups in total. The number of carbonyl (C=O) groups excluding carboxylic acids is 3. The summed E-state index contributed by atoms with van der Waals surface area (Å²) < 4.78 is 21.3. The van der Waals surface area contributed by atoms with E-state index in [9.17, 15) is 14.4 Å². The van der Waals surface area contributed by atoms with E-state index in [1.807, 2.05) is 38.1 Å². The van der Waals surface area contributed by atoms with Crippen molar-refractivity contribution >= 4 is 23.6 Å². The second kappa shape index (κ2) is 15.4. The molecule has 0 saturated heterocycles. The number of furan rings is 1. The number of urea groups is 1. The highest BCUT2D eigenvalue weighted by Gasteiger charge is 2.26. The van der Waals surface area contributed by atoms with Gasteiger partial charge in [0, 0.05) is 18.3 Å². The SMILES string of the molecule is CCOC(=O)c1ccc(NC(=O)N(CC(=O)N(CCc2ccc(OC)c(OC)c2)Cc2ccco2)C(C)CC)cc1. The van der Waals surface area contributed by atoms with E-state index >= 15 is 0 Å². The lowest BCUT2D eigenvalue weighted by atomic mass is 10.1. The van der Waals surface area contributed by atoms with Crippen LogP contribution in [0.25, 0.3) is 0 Å². The van der Waals surface area contributed by atoms with Crippen LogP contribution in [0.3, 0.4) is 0 Å². The second-order valence-corrected chi connectivity index (χ2v) is 9.45. The van der Waals surface area contributed by atoms with E-state index in [4.69, 9.17) is 18.6 Å². The van der Waals surface area contributed by atoms with Gasteiger partial charge in [-0.05, 0) is 80.8 Å². The predicted molar refractivity (Wildman–Crippen MR) is 155 cm³/mol. The summed E-state index contributed by atoms with van der Waals surface area (Å²) in [6.07, 6.45) is 2.79. The average molecular weight is 566 g/mol. The Morgan fingerprint density at radius 1 is 0.976 bits per heavy atom. The largest absolute Gasteiger partial charge is 0.493 e. The van der Waals surface area contributed by atoms with Crippen molar-refractivity contribution in [3.05, 3.63) is 77.7 Å². The Kier molecular flexibility index (Phi) is 11.6. The van der Waals surface area contributed by atoms with Gasteiger partial charge in [-0.1, -0.05) is 13.0 Å². The summed E-state index contributed by atoms with van der Waals surface area (Å²) in [4.78, 5) is 42.1. The molecule has 1 atom stereocenters. The quantitative estimate of drug-likeness (QED) is 0.261. The monoisotopic (exact) mass is 565 g/mol. The Balaban J connectivity index is 1.73. The fourth-order valence-electron chi connectivity index (χ4n) is 4.18. The average Bonchev–Trinajstić information content (AvgIpc) is 3.51. The number of nitrogens with one attached hydrogen (secondary N) is 1. The van der Waals surface area contributed by atoms with E-state index in [1.54, 1.807) is 62.6 Å². The van der Waals surface area contributed by atoms with Gasteiger partial charge in [-0.25, -0.2) is 9.59 Å². The fraction of sp³-hybridized carbons (Fsp3) is 0.387. The minimum absolute atomic E-state index is 0.117. The highest BCUT2D eigenvalue weighted by Crippen LogP contribution is 2.28. The maximum absolute atomic E-state index is 13.6. The number of carbonyl (C=O) groups is 3. The highest BCUT2D eigenvalue weighted by atomic mass is 16.5. The molecule has 10 heteroatoms. The topological polar surface area (TPSA) is 111 Å². The maximum atomic E-state index is 13.6. The molecule has 3 aromatic rings. The Bertz CT molecular complexity index is 1280. The van der Waals surface area contributed by atoms with Gasteiger partial charge < -0.3 is 33.7 Å². The van der Waals surface area contributed by atoms with Crippen molar-refractivity contribution in [1.82, 2.24) is 9.80 Å². The molecule has 0 aliphatic rings. The first-order chi connectivity index (χ1) is 19.8. The first-order valence-electron chi connectivity index (χ1n) is 13.6. The summed E-state index contributed by atoms with van der Waals surface area (Å²) in [5.74, 6) is 1.25. The number of esters is 1. The first kappa shape index (κ1) is 31.1. The Morgan fingerprint density at radius 3 is 2.32 bits per heavy atom. The zero-order chi connectivity index (χ0) is 29.8. The first-order valence-corrected chi connectivity index (χ1v) is 13.6. The van der Waals surface area contributed by atoms with Crippen LogP contribution in [0.2, 0.25) is 0 Å². The van der Waals surface area contributed by atoms with Crippen molar-refractivity contribution < 1.29 is 33.0 Å². The molecule has 3 amide bonds. The van der Waals surface area contributed by atoms with Crippen LogP contribution in [-0.4, -0.2) is 67.7 Å². The van der Waals surface area contributed by atoms with Gasteiger partial charge >= 0.3 is 12.0 Å². The lowest BCUT2D eigenvalue weighted by molar-refractivity contribution is -0.133. The predicted octanol–water partition coefficient (Wildman–Crippen LogP) is 5.38. The van der Waals surface area contributed by atoms with Crippen LogP contribution in [0.1, 0.15) is 48.9 Å². The Morgan fingerprint density at radius 2 is 1.71 bits per heavy atom. The van der Waals surface area contributed by atoms with Crippen molar-refractivity contribution in [1.29, 1.82) is 0 Å². The van der Waals surface area contributed by atoms with Crippen LogP contribution in [0.15, 0.2) is 65.3 Å². The smallest absolute Gasteiger partial charge is 0.338 e. The zero-order valence-corrected chi connectivity index (χ0v) is 24.3. The van der Waals surface area contributed by atoms with Gasteiger partial charge in [0.1, 0.15) is 12.3 Å². The van der Waals surface area contributed by atoms with Crippen LogP contribution in [0, 0.1) is 0 Å². The summed E-state index contributed by atoms with van der Waals surface area (Å²) in [6.45, 7) is 6.43. The van der Waals surface area contributed by atoms with Crippen LogP contribution >= 0.6 is 0 Å². The number of benzene rings is 2. The van der Waals surface area contributed by atoms with E-state index in [0.717, 1.165) is 5.56 Å². The standard InChI is InChI=1S/C31H39N3O7/c1-6-22(3)34(31(37)32-25-13-11-24(12-14-25)30(36)40-7-2)21-29(35)33(20-26-9-8-18-41-26)17-16-23-10-15-27(38-4)28(19-23)39-5/h8-15,18-19,22H,6-7,16-17,20-21H2,1-5H3,(H,32,37). The van der Waals surface area contributed by atoms with E-state index in [-0.39, 0.29) is 31.6 Å². The van der Waals surface area contributed by atoms with Crippen molar-refractivity contribution in [3.63, 3.8) is 0 Å². The molecular weight excluding hydrogens is 526 g/mol. The molecule has 3 rings (SSSR count). The summed E-state index contributed by atoms with van der Waals surface area (Å²) in [5, 5.41) is 2.85. The van der Waals surface area contributed by atoms with E-state index in [2.05, 4.69) is 5.32 Å². The van der Waals surface area contributed by atoms with E-state index in [0.29, 0.717) is 47.9 Å². The molecule has 1 aromatic heterocycles. The van der Waals surface area contributed by atoms with E-state index < -0.39 is 12.0 Å². The van der Waals surface area contributed by atoms with Gasteiger partial charge in [-0.3, -0.25) is 4.79 Å². The third kappa shape index (κ3) is 8.76. The van der Waals surface area contributed by atoms with Gasteiger partial charge in [-0.2, -0.15) is 0 Å². The molecule has 0 spiro atoms. The van der Waals surface area contributed by atoms with Gasteiger partial charge in [0.05, 0.1) is 39.2 Å². The number of amides is 3. The summed E-state index contributed by atoms with van der Waals surface area (Å²) in [6, 6.07) is 15.1. The third-order valence-corrected chi connectivity index (χ3v) is 6.73. The minimum Gasteiger partial charge on any atom is -0.493 e. The summed E-state index contributed by atoms with van der Waals surface area (Å²) in [5.41, 5.74) is 1.87. The van der Waals surface area contributed by atoms with Crippen LogP contribution in [-0.2, 0) is 22.5 Å². The molecule has 1 unspecified atom stereocenters. The van der Waals surface area contributed by atoms with Crippen molar-refractivity contribution in [2.75, 3.05) is 39.2 Å². The number of hydrogen-bond acceptors (Lipinski definition) is 7. The number of ether oxygens (including phenoxy) is 3. The number of hydrogen-bond donors (Lipinski definition) is 1. The third-order valence-electron chi connectivity index (χ3n) is 6.73. The van der Waals surface area contributed by atoms with Crippen LogP contribution < -0.4 is 14.8 Å². The number of methoxy groups -OCH3 is 2. The minimum atomic E-state index is -0.429. The number of nitrogens with zero attached hydrogens (tertiary/aromatic N) is 2. The second-order valence-electron chi connectivity index (χ2n) is 9.45. The molecule has 1 heterocycles. The lowest BCUT2D eigenvalue weighted by Crippen LogP contribution is -2.48. The Labute approximate surface area is 241 Å². The Hall–Kier alpha value is -4.47. The van der Waals surface area contributed by atoms with Gasteiger partial charge in [-0.15, -0.1) is 0 Å². The van der Waals surface area contributed by atoms with Gasteiger partial charge in [0.15, 0.2) is 11.5 Å². The maximum Gasteiger partial charge on any atom is 0.338 e. The van der Waals surface area contributed by atoms with Crippen LogP contribution in [0.4, 0.5) is 10.5 Å². The number of anilines is 1. The van der Waals surface area contributed by atoms with Crippen molar-refractivity contribution in [3.8, 4) is 11.5 Å². The fourth-order valence-corrected chi connectivity index (χ4v) is 4.18. The number of rotatable bonds is 14. The molecule has 0 fully saturated rings. The molecule has 0 aliphatic carbocycles. The molecule has 0 aliphatic heterocycles. The lowest BCUT2D eigenvalue weighted by Gasteiger charge is -2.31. The molecule has 0 saturated carbocycles.